The van der Waals surface area contributed by atoms with Gasteiger partial charge in [-0.1, -0.05) is 100.0 Å². The van der Waals surface area contributed by atoms with Gasteiger partial charge >= 0.3 is 0 Å². The smallest absolute Gasteiger partial charge is 0.240 e. The lowest BCUT2D eigenvalue weighted by Gasteiger charge is -2.32. The quantitative estimate of drug-likeness (QED) is 0.0889. The lowest BCUT2D eigenvalue weighted by atomic mass is 9.79. The number of ether oxygens (including phenoxy) is 4. The zero-order valence-electron chi connectivity index (χ0n) is 79.8. The van der Waals surface area contributed by atoms with E-state index in [0.29, 0.717) is 51.9 Å². The number of hydrogen-bond acceptors (Lipinski definition) is 24. The highest BCUT2D eigenvalue weighted by molar-refractivity contribution is 7.89. The van der Waals surface area contributed by atoms with Gasteiger partial charge in [-0.2, -0.15) is 0 Å². The summed E-state index contributed by atoms with van der Waals surface area (Å²) >= 11 is 0. The van der Waals surface area contributed by atoms with Crippen LogP contribution in [-0.4, -0.2) is 274 Å². The number of rotatable bonds is 14. The van der Waals surface area contributed by atoms with Crippen molar-refractivity contribution < 1.29 is 93.3 Å². The minimum atomic E-state index is -3.77. The first-order valence-corrected chi connectivity index (χ1v) is 52.3. The van der Waals surface area contributed by atoms with E-state index in [0.717, 1.165) is 192 Å². The first-order valence-electron chi connectivity index (χ1n) is 48.6. The number of fused-ring (bicyclic) bond motifs is 12. The molecule has 0 aromatic rings. The Morgan fingerprint density at radius 2 is 0.631 bits per heavy atom. The molecule has 12 fully saturated rings. The average Bonchev–Trinajstić information content (AvgIpc) is 1.54. The topological polar surface area (TPSA) is 395 Å². The Hall–Kier alpha value is -6.62. The molecule has 6 amide bonds. The average molecular weight is 1850 g/mol. The largest absolute Gasteiger partial charge is 0.379 e. The van der Waals surface area contributed by atoms with Crippen molar-refractivity contribution >= 4 is 90.2 Å². The number of sulfonamides is 2. The molecular formula is C98H150N10O20S2. The van der Waals surface area contributed by atoms with Crippen molar-refractivity contribution in [2.45, 2.75) is 331 Å². The Kier molecular flexibility index (Phi) is 30.7. The molecule has 4 saturated heterocycles. The third-order valence-electron chi connectivity index (χ3n) is 34.4. The lowest BCUT2D eigenvalue weighted by molar-refractivity contribution is -0.142. The van der Waals surface area contributed by atoms with Crippen LogP contribution in [0.2, 0.25) is 0 Å². The van der Waals surface area contributed by atoms with Crippen molar-refractivity contribution in [3.05, 3.63) is 48.6 Å². The second-order valence-electron chi connectivity index (χ2n) is 42.2. The van der Waals surface area contributed by atoms with Crippen LogP contribution in [0.15, 0.2) is 48.6 Å². The van der Waals surface area contributed by atoms with Gasteiger partial charge in [0, 0.05) is 99.7 Å². The van der Waals surface area contributed by atoms with E-state index in [1.165, 1.54) is 0 Å². The van der Waals surface area contributed by atoms with E-state index in [-0.39, 0.29) is 149 Å². The van der Waals surface area contributed by atoms with Crippen LogP contribution in [0.25, 0.3) is 0 Å². The summed E-state index contributed by atoms with van der Waals surface area (Å²) in [5, 5.41) is 12.7. The predicted octanol–water partition coefficient (Wildman–Crippen LogP) is 8.37. The van der Waals surface area contributed by atoms with E-state index < -0.39 is 106 Å². The molecule has 0 radical (unpaired) electrons. The fraction of sp³-hybridized carbons (Fsp3) is 0.796. The maximum Gasteiger partial charge on any atom is 0.240 e. The molecular weight excluding hydrogens is 1700 g/mol. The van der Waals surface area contributed by atoms with E-state index in [4.69, 9.17) is 18.9 Å². The molecule has 6 N–H and O–H groups in total. The first-order chi connectivity index (χ1) is 61.6. The fourth-order valence-electron chi connectivity index (χ4n) is 25.2. The van der Waals surface area contributed by atoms with Crippen molar-refractivity contribution in [1.82, 2.24) is 50.3 Å². The summed E-state index contributed by atoms with van der Waals surface area (Å²) in [6.45, 7) is 8.84. The fourth-order valence-corrected chi connectivity index (χ4v) is 26.2. The molecule has 16 rings (SSSR count). The molecule has 4 spiro atoms. The van der Waals surface area contributed by atoms with Gasteiger partial charge in [0.1, 0.15) is 11.6 Å². The second kappa shape index (κ2) is 39.6. The highest BCUT2D eigenvalue weighted by atomic mass is 32.2. The molecule has 8 aliphatic heterocycles. The van der Waals surface area contributed by atoms with Crippen molar-refractivity contribution in [3.63, 3.8) is 0 Å². The summed E-state index contributed by atoms with van der Waals surface area (Å²) in [5.41, 5.74) is -5.98. The number of methoxy groups -OCH3 is 4. The Morgan fingerprint density at radius 3 is 0.877 bits per heavy atom. The van der Waals surface area contributed by atoms with Crippen LogP contribution in [0.4, 0.5) is 0 Å². The number of Topliss-reactive ketones (excluding diaryl/α,β-unsaturated/α-hetero) is 6. The molecule has 32 heteroatoms. The van der Waals surface area contributed by atoms with Gasteiger partial charge in [-0.05, 0) is 234 Å². The van der Waals surface area contributed by atoms with Gasteiger partial charge in [-0.25, -0.2) is 16.8 Å². The number of carbonyl (C=O) groups excluding carboxylic acids is 12. The van der Waals surface area contributed by atoms with Gasteiger partial charge in [-0.3, -0.25) is 67.0 Å². The van der Waals surface area contributed by atoms with Crippen molar-refractivity contribution in [2.24, 2.45) is 67.0 Å². The third-order valence-corrected chi connectivity index (χ3v) is 35.5. The van der Waals surface area contributed by atoms with Gasteiger partial charge in [0.2, 0.25) is 55.5 Å². The second-order valence-corrected chi connectivity index (χ2v) is 45.7. The lowest BCUT2D eigenvalue weighted by Crippen LogP contribution is -2.52. The Morgan fingerprint density at radius 1 is 0.369 bits per heavy atom. The molecule has 0 unspecified atom stereocenters. The van der Waals surface area contributed by atoms with Gasteiger partial charge in [0.25, 0.3) is 0 Å². The normalized spacial score (nSPS) is 38.8. The summed E-state index contributed by atoms with van der Waals surface area (Å²) in [6.07, 6.45) is 46.2. The molecule has 130 heavy (non-hydrogen) atoms. The maximum absolute atomic E-state index is 14.0. The van der Waals surface area contributed by atoms with Crippen LogP contribution in [0, 0.1) is 67.0 Å². The molecule has 30 nitrogen and oxygen atoms in total. The summed E-state index contributed by atoms with van der Waals surface area (Å²) < 4.78 is 74.9. The molecule has 8 heterocycles. The van der Waals surface area contributed by atoms with E-state index in [2.05, 4.69) is 55.0 Å². The standard InChI is InChI=1S/C25H39N3O6S.C25H38N2O4.C24H37N3O6S.C24H36N2O4/c1-23(34-3)16-28-20(25(23)12-13-25)19(29)15-24(22(31)27-35(4,32)33)14-17(24)10-8-6-5-7-9-11-18(26-2)21(28)30;1-17(28)24-14-18(24)10-8-6-5-7-9-11-19(26-3)22(30)27-16-23(2,31-4)25(12-13-25)21(27)20(29)15-24;1-25-17-10-8-6-4-5-7-9-16-13-24(16,22(30)26-34(3,31)32)14-18(28)20-23(11-12-23)19(33-2)15-27(20)21(17)29;1-16(27)24-13-17(24)9-7-5-4-6-8-10-18(25-2)22(29)26-15-20(30-3)23(11-12-23)21(26)19(28)14-24/h8,10,17-18,20,26H,5-7,9,11-16H2,1-4H3,(H,27,31);8,10,18-19,21,26H,5-7,9,11-16H2,1-4H3;7,9,16-17,19-20,25H,4-6,8,10-15H2,1-3H3,(H,26,30);7,9,17-18,20-21,25H,4-6,8,10-15H2,1-3H3/b2*10-8-;2*9-7-/t17-,18+,20-,23+,24-;18-,19+,21-,23+,24+;16-,17+,19+,20-,24-;17-,18+,20+,21-,24+/m1111/s1. The van der Waals surface area contributed by atoms with Crippen molar-refractivity contribution in [3.8, 4) is 0 Å². The van der Waals surface area contributed by atoms with Gasteiger partial charge in [-0.15, -0.1) is 0 Å². The number of likely N-dealkylation sites (N-methyl/N-ethyl adjacent to an activating group) is 4. The summed E-state index contributed by atoms with van der Waals surface area (Å²) in [4.78, 5) is 168. The number of allylic oxidation sites excluding steroid dienone is 8. The number of carbonyl (C=O) groups is 12. The van der Waals surface area contributed by atoms with E-state index in [1.807, 2.05) is 52.2 Å². The number of hydrogen-bond donors (Lipinski definition) is 6. The maximum atomic E-state index is 14.0. The number of ketones is 6. The summed E-state index contributed by atoms with van der Waals surface area (Å²) in [7, 11) is 6.29. The van der Waals surface area contributed by atoms with Crippen LogP contribution in [0.5, 0.6) is 0 Å². The monoisotopic (exact) mass is 1850 g/mol. The van der Waals surface area contributed by atoms with E-state index >= 15 is 0 Å². The van der Waals surface area contributed by atoms with Crippen LogP contribution in [-0.2, 0) is 96.5 Å². The molecule has 0 aromatic heterocycles. The zero-order chi connectivity index (χ0) is 94.3. The van der Waals surface area contributed by atoms with Crippen LogP contribution < -0.4 is 30.7 Å². The first kappa shape index (κ1) is 101. The summed E-state index contributed by atoms with van der Waals surface area (Å²) in [6, 6.07) is -3.63. The predicted molar refractivity (Wildman–Crippen MR) is 489 cm³/mol. The van der Waals surface area contributed by atoms with Gasteiger partial charge in [0.15, 0.2) is 23.1 Å². The molecule has 724 valence electrons. The molecule has 8 saturated carbocycles. The molecule has 0 bridgehead atoms. The highest BCUT2D eigenvalue weighted by Gasteiger charge is 2.76. The number of nitrogens with one attached hydrogen (secondary N) is 6. The highest BCUT2D eigenvalue weighted by Crippen LogP contribution is 2.69. The zero-order valence-corrected chi connectivity index (χ0v) is 81.4. The van der Waals surface area contributed by atoms with Gasteiger partial charge < -0.3 is 59.8 Å². The van der Waals surface area contributed by atoms with Crippen molar-refractivity contribution in [1.29, 1.82) is 0 Å². The molecule has 8 aliphatic carbocycles. The summed E-state index contributed by atoms with van der Waals surface area (Å²) in [5.74, 6) is -1.56. The molecule has 20 atom stereocenters. The van der Waals surface area contributed by atoms with E-state index in [9.17, 15) is 74.4 Å². The minimum absolute atomic E-state index is 0.00474. The third kappa shape index (κ3) is 19.9. The van der Waals surface area contributed by atoms with Crippen LogP contribution >= 0.6 is 0 Å². The Bertz CT molecular complexity index is 4670. The molecule has 0 aromatic carbocycles. The number of amides is 6. The molecule has 16 aliphatic rings. The Balaban J connectivity index is 0.000000148. The van der Waals surface area contributed by atoms with Crippen LogP contribution in [0.3, 0.4) is 0 Å². The number of nitrogens with zero attached hydrogens (tertiary/aromatic N) is 4. The van der Waals surface area contributed by atoms with Crippen LogP contribution in [0.1, 0.15) is 259 Å². The van der Waals surface area contributed by atoms with Gasteiger partial charge in [0.05, 0.1) is 108 Å². The minimum Gasteiger partial charge on any atom is -0.379 e. The van der Waals surface area contributed by atoms with Crippen molar-refractivity contribution in [2.75, 3.05) is 95.3 Å². The SMILES string of the molecule is CN[C@H]1CCCCC/C=C\[C@@H]2C[C@@]2(C(=O)NS(C)(=O)=O)CC(=O)[C@H]2N(C[C@H](OC)C23CC3)C1=O.CN[C@H]1CCCCC/C=C\[C@@H]2C[C@@]2(C(=O)NS(C)(=O)=O)CC(=O)[C@H]2N(C[C@](C)(OC)C23CC3)C1=O.CN[C@H]1CCCCC/C=C\[C@@H]2C[C@@]2(C(C)=O)CC(=O)[C@H]2N(C[C@H](OC)C23CC3)C1=O.CN[C@H]1CCCCC/C=C\[C@@H]2C[C@@]2(C(C)=O)CC(=O)[C@H]2N(C[C@](C)(OC)C23CC3)C1=O. The van der Waals surface area contributed by atoms with E-state index in [1.54, 1.807) is 76.0 Å². The Labute approximate surface area is 771 Å².